The number of rotatable bonds is 3. The maximum Gasteiger partial charge on any atom is 0.407 e. The summed E-state index contributed by atoms with van der Waals surface area (Å²) in [6.07, 6.45) is -1.47. The summed E-state index contributed by atoms with van der Waals surface area (Å²) in [5.74, 6) is -1.79. The third-order valence-corrected chi connectivity index (χ3v) is 2.71. The van der Waals surface area contributed by atoms with Gasteiger partial charge < -0.3 is 19.9 Å². The monoisotopic (exact) mass is 262 g/mol. The van der Waals surface area contributed by atoms with Crippen molar-refractivity contribution in [2.75, 3.05) is 7.04 Å². The molecule has 1 unspecified atom stereocenters. The average molecular weight is 262 g/mol. The first-order valence-corrected chi connectivity index (χ1v) is 5.77. The second-order valence-corrected chi connectivity index (χ2v) is 5.42. The van der Waals surface area contributed by atoms with Crippen molar-refractivity contribution < 1.29 is 28.3 Å². The number of hydrogen-bond donors (Lipinski definition) is 2. The van der Waals surface area contributed by atoms with E-state index in [1.807, 2.05) is 0 Å². The molecule has 1 amide bonds. The number of ether oxygens (including phenoxy) is 2. The second kappa shape index (κ2) is 5.56. The zero-order valence-corrected chi connectivity index (χ0v) is 10.7. The Morgan fingerprint density at radius 3 is 2.56 bits per heavy atom. The molecule has 1 saturated carbocycles. The molecule has 1 rings (SSSR count). The molecule has 0 bridgehead atoms. The largest absolute Gasteiger partial charge is 0.481 e. The Kier molecular flexibility index (Phi) is 3.28. The van der Waals surface area contributed by atoms with E-state index in [9.17, 15) is 9.59 Å². The SMILES string of the molecule is [2H]C([2H])([2H])O[C@@H]1CC(C(=O)O)C[C@@H]1NC(=O)OC(C)(C)C. The van der Waals surface area contributed by atoms with Crippen LogP contribution in [0.1, 0.15) is 37.7 Å². The van der Waals surface area contributed by atoms with E-state index in [2.05, 4.69) is 5.32 Å². The van der Waals surface area contributed by atoms with E-state index >= 15 is 0 Å². The number of carboxylic acid groups (broad SMARTS) is 1. The molecule has 2 N–H and O–H groups in total. The molecule has 1 aliphatic rings. The highest BCUT2D eigenvalue weighted by molar-refractivity contribution is 5.72. The molecule has 0 aromatic heterocycles. The van der Waals surface area contributed by atoms with E-state index in [-0.39, 0.29) is 12.8 Å². The Morgan fingerprint density at radius 1 is 1.39 bits per heavy atom. The number of carbonyl (C=O) groups excluding carboxylic acids is 1. The number of methoxy groups -OCH3 is 1. The first-order chi connectivity index (χ1) is 9.37. The number of carboxylic acids is 1. The molecule has 18 heavy (non-hydrogen) atoms. The fourth-order valence-corrected chi connectivity index (χ4v) is 1.94. The predicted octanol–water partition coefficient (Wildman–Crippen LogP) is 1.39. The van der Waals surface area contributed by atoms with Crippen LogP contribution in [-0.4, -0.2) is 42.0 Å². The van der Waals surface area contributed by atoms with Crippen molar-refractivity contribution in [3.63, 3.8) is 0 Å². The van der Waals surface area contributed by atoms with Crippen molar-refractivity contribution in [3.8, 4) is 0 Å². The third-order valence-electron chi connectivity index (χ3n) is 2.71. The predicted molar refractivity (Wildman–Crippen MR) is 64.3 cm³/mol. The van der Waals surface area contributed by atoms with E-state index in [4.69, 9.17) is 18.7 Å². The number of nitrogens with one attached hydrogen (secondary N) is 1. The van der Waals surface area contributed by atoms with Crippen LogP contribution in [0.2, 0.25) is 0 Å². The number of alkyl carbamates (subject to hydrolysis) is 1. The minimum Gasteiger partial charge on any atom is -0.481 e. The summed E-state index contributed by atoms with van der Waals surface area (Å²) in [4.78, 5) is 22.8. The summed E-state index contributed by atoms with van der Waals surface area (Å²) in [6.45, 7) is 5.08. The highest BCUT2D eigenvalue weighted by Gasteiger charge is 2.39. The van der Waals surface area contributed by atoms with Crippen LogP contribution in [0.4, 0.5) is 4.79 Å². The number of aliphatic carboxylic acids is 1. The van der Waals surface area contributed by atoms with Crippen molar-refractivity contribution in [2.45, 2.75) is 51.4 Å². The van der Waals surface area contributed by atoms with Gasteiger partial charge in [-0.2, -0.15) is 0 Å². The van der Waals surface area contributed by atoms with E-state index in [1.165, 1.54) is 0 Å². The summed E-state index contributed by atoms with van der Waals surface area (Å²) in [7, 11) is -2.65. The Balaban J connectivity index is 2.71. The van der Waals surface area contributed by atoms with Gasteiger partial charge in [0.1, 0.15) is 5.60 Å². The molecule has 0 aromatic rings. The van der Waals surface area contributed by atoms with Gasteiger partial charge in [0.05, 0.1) is 22.2 Å². The molecule has 3 atom stereocenters. The van der Waals surface area contributed by atoms with Gasteiger partial charge in [-0.3, -0.25) is 4.79 Å². The van der Waals surface area contributed by atoms with Gasteiger partial charge in [-0.1, -0.05) is 0 Å². The molecular weight excluding hydrogens is 238 g/mol. The van der Waals surface area contributed by atoms with Gasteiger partial charge in [0, 0.05) is 7.04 Å². The fraction of sp³-hybridized carbons (Fsp3) is 0.833. The van der Waals surface area contributed by atoms with Crippen LogP contribution in [0.3, 0.4) is 0 Å². The molecule has 0 radical (unpaired) electrons. The van der Waals surface area contributed by atoms with Gasteiger partial charge in [0.2, 0.25) is 0 Å². The zero-order valence-electron chi connectivity index (χ0n) is 13.7. The summed E-state index contributed by atoms with van der Waals surface area (Å²) >= 11 is 0. The van der Waals surface area contributed by atoms with Crippen molar-refractivity contribution >= 4 is 12.1 Å². The first kappa shape index (κ1) is 10.6. The topological polar surface area (TPSA) is 84.9 Å². The van der Waals surface area contributed by atoms with Gasteiger partial charge in [-0.15, -0.1) is 0 Å². The smallest absolute Gasteiger partial charge is 0.407 e. The fourth-order valence-electron chi connectivity index (χ4n) is 1.94. The maximum absolute atomic E-state index is 11.7. The van der Waals surface area contributed by atoms with Crippen LogP contribution in [0.25, 0.3) is 0 Å². The molecule has 6 heteroatoms. The summed E-state index contributed by atoms with van der Waals surface area (Å²) in [5, 5.41) is 11.5. The third kappa shape index (κ3) is 4.18. The van der Waals surface area contributed by atoms with Crippen LogP contribution in [-0.2, 0) is 14.3 Å². The number of carbonyl (C=O) groups is 2. The van der Waals surface area contributed by atoms with Crippen LogP contribution in [0.15, 0.2) is 0 Å². The lowest BCUT2D eigenvalue weighted by atomic mass is 10.1. The zero-order chi connectivity index (χ0) is 16.4. The minimum atomic E-state index is -2.65. The van der Waals surface area contributed by atoms with Gasteiger partial charge >= 0.3 is 12.1 Å². The molecule has 104 valence electrons. The quantitative estimate of drug-likeness (QED) is 0.802. The van der Waals surface area contributed by atoms with Crippen molar-refractivity contribution in [2.24, 2.45) is 5.92 Å². The standard InChI is InChI=1S/C12H21NO5/c1-12(2,3)18-11(16)13-8-5-7(10(14)15)6-9(8)17-4/h7-9H,5-6H2,1-4H3,(H,13,16)(H,14,15)/t7?,8-,9+/m0/s1/i4D3. The molecule has 1 fully saturated rings. The lowest BCUT2D eigenvalue weighted by Crippen LogP contribution is -2.43. The van der Waals surface area contributed by atoms with Crippen molar-refractivity contribution in [1.82, 2.24) is 5.32 Å². The summed E-state index contributed by atoms with van der Waals surface area (Å²) < 4.78 is 31.3. The van der Waals surface area contributed by atoms with Gasteiger partial charge in [0.25, 0.3) is 0 Å². The Bertz CT molecular complexity index is 405. The van der Waals surface area contributed by atoms with Crippen LogP contribution >= 0.6 is 0 Å². The first-order valence-electron chi connectivity index (χ1n) is 7.27. The Labute approximate surface area is 111 Å². The molecular formula is C12H21NO5. The lowest BCUT2D eigenvalue weighted by Gasteiger charge is -2.24. The van der Waals surface area contributed by atoms with Gasteiger partial charge in [0.15, 0.2) is 0 Å². The van der Waals surface area contributed by atoms with Crippen LogP contribution in [0.5, 0.6) is 0 Å². The highest BCUT2D eigenvalue weighted by atomic mass is 16.6. The van der Waals surface area contributed by atoms with Gasteiger partial charge in [-0.05, 0) is 33.6 Å². The second-order valence-electron chi connectivity index (χ2n) is 5.42. The van der Waals surface area contributed by atoms with Crippen molar-refractivity contribution in [3.05, 3.63) is 0 Å². The summed E-state index contributed by atoms with van der Waals surface area (Å²) in [5.41, 5.74) is -0.699. The molecule has 0 aliphatic heterocycles. The van der Waals surface area contributed by atoms with Crippen molar-refractivity contribution in [1.29, 1.82) is 0 Å². The average Bonchev–Trinajstić information content (AvgIpc) is 2.55. The Morgan fingerprint density at radius 2 is 2.06 bits per heavy atom. The summed E-state index contributed by atoms with van der Waals surface area (Å²) in [6, 6.07) is -0.707. The number of amides is 1. The molecule has 0 saturated heterocycles. The molecule has 0 heterocycles. The highest BCUT2D eigenvalue weighted by Crippen LogP contribution is 2.28. The molecule has 6 nitrogen and oxygen atoms in total. The molecule has 0 spiro atoms. The van der Waals surface area contributed by atoms with E-state index in [0.29, 0.717) is 0 Å². The maximum atomic E-state index is 11.7. The van der Waals surface area contributed by atoms with E-state index in [1.54, 1.807) is 20.8 Å². The lowest BCUT2D eigenvalue weighted by molar-refractivity contribution is -0.141. The Hall–Kier alpha value is -1.30. The number of hydrogen-bond acceptors (Lipinski definition) is 4. The minimum absolute atomic E-state index is 0.0359. The van der Waals surface area contributed by atoms with Crippen LogP contribution in [0, 0.1) is 5.92 Å². The van der Waals surface area contributed by atoms with E-state index < -0.39 is 42.8 Å². The van der Waals surface area contributed by atoms with Gasteiger partial charge in [-0.25, -0.2) is 4.79 Å². The molecule has 1 aliphatic carbocycles. The van der Waals surface area contributed by atoms with Crippen LogP contribution < -0.4 is 5.32 Å². The van der Waals surface area contributed by atoms with E-state index in [0.717, 1.165) is 0 Å². The molecule has 0 aromatic carbocycles. The normalized spacial score (nSPS) is 31.1.